The van der Waals surface area contributed by atoms with Gasteiger partial charge in [0.15, 0.2) is 5.82 Å². The van der Waals surface area contributed by atoms with Gasteiger partial charge in [0.05, 0.1) is 34.5 Å². The molecule has 5 heterocycles. The second-order valence-corrected chi connectivity index (χ2v) is 11.5. The predicted octanol–water partition coefficient (Wildman–Crippen LogP) is 4.66. The molecule has 2 fully saturated rings. The number of hydrogen-bond acceptors (Lipinski definition) is 8. The van der Waals surface area contributed by atoms with Gasteiger partial charge in [0.25, 0.3) is 0 Å². The first-order chi connectivity index (χ1) is 20.8. The van der Waals surface area contributed by atoms with E-state index in [1.54, 1.807) is 23.1 Å². The van der Waals surface area contributed by atoms with Crippen molar-refractivity contribution in [2.45, 2.75) is 51.0 Å². The number of para-hydroxylation sites is 1. The summed E-state index contributed by atoms with van der Waals surface area (Å²) in [6.45, 7) is 1.84. The van der Waals surface area contributed by atoms with Crippen molar-refractivity contribution in [1.82, 2.24) is 20.0 Å². The Bertz CT molecular complexity index is 1650. The standard InChI is InChI=1S/C28H27ClF3N7O5/c1-14-9-16(28(30,31)32)11-20(33-14)39-22(40)10-15-12-37(24-17(29)5-3-6-18(24)36(2)26(41)23(15)39)13-21-34-25(35-44-21)19-7-4-8-38(19)27(42)43/h3,5-6,9,11,15,19,23H,4,7-8,10,12-13H2,1-2H3,(H,42,43)/t15-,19-,23+/m1/s1. The number of carboxylic acid groups (broad SMARTS) is 1. The van der Waals surface area contributed by atoms with Gasteiger partial charge >= 0.3 is 12.3 Å². The van der Waals surface area contributed by atoms with Gasteiger partial charge in [-0.3, -0.25) is 19.4 Å². The number of benzene rings is 1. The fraction of sp³-hybridized carbons (Fsp3) is 0.429. The van der Waals surface area contributed by atoms with Crippen molar-refractivity contribution in [3.05, 3.63) is 58.3 Å². The number of likely N-dealkylation sites (tertiary alicyclic amines) is 1. The van der Waals surface area contributed by atoms with E-state index in [2.05, 4.69) is 15.1 Å². The lowest BCUT2D eigenvalue weighted by molar-refractivity contribution is -0.137. The molecule has 0 saturated carbocycles. The molecule has 0 aliphatic carbocycles. The molecule has 3 amide bonds. The number of halogens is 4. The second-order valence-electron chi connectivity index (χ2n) is 11.1. The maximum atomic E-state index is 14.0. The molecule has 1 N–H and O–H groups in total. The molecule has 44 heavy (non-hydrogen) atoms. The van der Waals surface area contributed by atoms with E-state index in [1.807, 2.05) is 0 Å². The van der Waals surface area contributed by atoms with Crippen molar-refractivity contribution in [2.75, 3.05) is 34.8 Å². The van der Waals surface area contributed by atoms with Crippen LogP contribution in [0, 0.1) is 12.8 Å². The lowest BCUT2D eigenvalue weighted by atomic mass is 9.95. The fourth-order valence-corrected chi connectivity index (χ4v) is 6.59. The zero-order valence-corrected chi connectivity index (χ0v) is 24.3. The van der Waals surface area contributed by atoms with Crippen LogP contribution in [0.3, 0.4) is 0 Å². The van der Waals surface area contributed by atoms with E-state index >= 15 is 0 Å². The molecule has 0 unspecified atom stereocenters. The fourth-order valence-electron chi connectivity index (χ4n) is 6.30. The number of hydrogen-bond donors (Lipinski definition) is 1. The van der Waals surface area contributed by atoms with Crippen LogP contribution in [-0.2, 0) is 22.3 Å². The lowest BCUT2D eigenvalue weighted by Gasteiger charge is -2.38. The Balaban J connectivity index is 1.38. The molecule has 6 rings (SSSR count). The third-order valence-corrected chi connectivity index (χ3v) is 8.54. The Morgan fingerprint density at radius 2 is 1.98 bits per heavy atom. The van der Waals surface area contributed by atoms with Crippen molar-refractivity contribution in [2.24, 2.45) is 5.92 Å². The Kier molecular flexibility index (Phi) is 7.38. The summed E-state index contributed by atoms with van der Waals surface area (Å²) in [7, 11) is 1.51. The van der Waals surface area contributed by atoms with Gasteiger partial charge in [0.1, 0.15) is 11.9 Å². The number of carbonyl (C=O) groups excluding carboxylic acids is 2. The van der Waals surface area contributed by atoms with E-state index in [4.69, 9.17) is 16.1 Å². The molecule has 3 aliphatic rings. The summed E-state index contributed by atoms with van der Waals surface area (Å²) in [6.07, 6.45) is -4.70. The molecule has 16 heteroatoms. The summed E-state index contributed by atoms with van der Waals surface area (Å²) in [5, 5.41) is 13.9. The van der Waals surface area contributed by atoms with Crippen LogP contribution in [0.5, 0.6) is 0 Å². The van der Waals surface area contributed by atoms with E-state index in [0.29, 0.717) is 35.8 Å². The monoisotopic (exact) mass is 633 g/mol. The largest absolute Gasteiger partial charge is 0.465 e. The number of rotatable bonds is 4. The highest BCUT2D eigenvalue weighted by molar-refractivity contribution is 6.34. The topological polar surface area (TPSA) is 136 Å². The SMILES string of the molecule is Cc1cc(C(F)(F)F)cc(N2C(=O)C[C@@H]3CN(Cc4nc([C@H]5CCCN5C(=O)O)no4)c4c(Cl)cccc4N(C)C(=O)[C@H]32)n1. The van der Waals surface area contributed by atoms with E-state index in [0.717, 1.165) is 17.0 Å². The summed E-state index contributed by atoms with van der Waals surface area (Å²) in [5.41, 5.74) is -0.0545. The molecule has 3 atom stereocenters. The molecule has 3 aliphatic heterocycles. The van der Waals surface area contributed by atoms with Crippen LogP contribution in [0.1, 0.15) is 48.3 Å². The molecule has 12 nitrogen and oxygen atoms in total. The second kappa shape index (κ2) is 10.9. The van der Waals surface area contributed by atoms with Crippen LogP contribution in [-0.4, -0.2) is 69.2 Å². The number of aromatic nitrogens is 3. The Morgan fingerprint density at radius 1 is 1.20 bits per heavy atom. The molecule has 3 aromatic rings. The van der Waals surface area contributed by atoms with Crippen molar-refractivity contribution in [1.29, 1.82) is 0 Å². The summed E-state index contributed by atoms with van der Waals surface area (Å²) >= 11 is 6.67. The average Bonchev–Trinajstić information content (AvgIpc) is 3.69. The van der Waals surface area contributed by atoms with Crippen LogP contribution in [0.2, 0.25) is 5.02 Å². The Labute approximate surface area is 254 Å². The molecule has 2 aromatic heterocycles. The van der Waals surface area contributed by atoms with Crippen molar-refractivity contribution >= 4 is 46.7 Å². The number of anilines is 3. The van der Waals surface area contributed by atoms with Gasteiger partial charge in [-0.2, -0.15) is 18.2 Å². The average molecular weight is 634 g/mol. The number of amides is 3. The molecule has 1 aromatic carbocycles. The molecule has 232 valence electrons. The van der Waals surface area contributed by atoms with Crippen molar-refractivity contribution in [3.8, 4) is 0 Å². The minimum atomic E-state index is -4.68. The highest BCUT2D eigenvalue weighted by Crippen LogP contribution is 2.43. The molecule has 2 saturated heterocycles. The summed E-state index contributed by atoms with van der Waals surface area (Å²) in [4.78, 5) is 53.2. The number of likely N-dealkylation sites (N-methyl/N-ethyl adjacent to an activating group) is 1. The number of alkyl halides is 3. The van der Waals surface area contributed by atoms with Gasteiger partial charge in [0.2, 0.25) is 17.7 Å². The zero-order chi connectivity index (χ0) is 31.5. The third kappa shape index (κ3) is 5.18. The van der Waals surface area contributed by atoms with Crippen LogP contribution in [0.15, 0.2) is 34.9 Å². The van der Waals surface area contributed by atoms with Gasteiger partial charge in [-0.25, -0.2) is 9.78 Å². The van der Waals surface area contributed by atoms with Gasteiger partial charge in [0, 0.05) is 38.2 Å². The van der Waals surface area contributed by atoms with Gasteiger partial charge in [-0.05, 0) is 44.0 Å². The predicted molar refractivity (Wildman–Crippen MR) is 150 cm³/mol. The molecule has 0 spiro atoms. The highest BCUT2D eigenvalue weighted by atomic mass is 35.5. The Hall–Kier alpha value is -4.40. The first-order valence-corrected chi connectivity index (χ1v) is 14.2. The minimum Gasteiger partial charge on any atom is -0.465 e. The number of fused-ring (bicyclic) bond motifs is 2. The first-order valence-electron chi connectivity index (χ1n) is 13.8. The quantitative estimate of drug-likeness (QED) is 0.435. The van der Waals surface area contributed by atoms with Crippen molar-refractivity contribution in [3.63, 3.8) is 0 Å². The number of nitrogens with zero attached hydrogens (tertiary/aromatic N) is 7. The number of aryl methyl sites for hydroxylation is 1. The first kappa shape index (κ1) is 29.7. The molecule has 0 bridgehead atoms. The van der Waals surface area contributed by atoms with Crippen molar-refractivity contribution < 1.29 is 37.2 Å². The summed E-state index contributed by atoms with van der Waals surface area (Å²) < 4.78 is 46.5. The van der Waals surface area contributed by atoms with Gasteiger partial charge < -0.3 is 19.4 Å². The zero-order valence-electron chi connectivity index (χ0n) is 23.6. The van der Waals surface area contributed by atoms with Crippen LogP contribution >= 0.6 is 11.6 Å². The number of pyridine rings is 1. The van der Waals surface area contributed by atoms with E-state index in [9.17, 15) is 32.7 Å². The minimum absolute atomic E-state index is 0.00385. The highest BCUT2D eigenvalue weighted by Gasteiger charge is 2.49. The normalized spacial score (nSPS) is 22.3. The van der Waals surface area contributed by atoms with Gasteiger partial charge in [-0.1, -0.05) is 22.8 Å². The molecular weight excluding hydrogens is 607 g/mol. The maximum absolute atomic E-state index is 14.0. The van der Waals surface area contributed by atoms with E-state index < -0.39 is 47.6 Å². The maximum Gasteiger partial charge on any atom is 0.416 e. The van der Waals surface area contributed by atoms with Crippen LogP contribution in [0.4, 0.5) is 35.2 Å². The number of carbonyl (C=O) groups is 3. The van der Waals surface area contributed by atoms with E-state index in [-0.39, 0.29) is 42.7 Å². The summed E-state index contributed by atoms with van der Waals surface area (Å²) in [6, 6.07) is 4.93. The molecular formula is C28H27ClF3N7O5. The van der Waals surface area contributed by atoms with Crippen LogP contribution < -0.4 is 14.7 Å². The smallest absolute Gasteiger partial charge is 0.416 e. The molecule has 0 radical (unpaired) electrons. The third-order valence-electron chi connectivity index (χ3n) is 8.23. The Morgan fingerprint density at radius 3 is 2.70 bits per heavy atom. The van der Waals surface area contributed by atoms with E-state index in [1.165, 1.54) is 23.8 Å². The van der Waals surface area contributed by atoms with Gasteiger partial charge in [-0.15, -0.1) is 0 Å². The summed E-state index contributed by atoms with van der Waals surface area (Å²) in [5.74, 6) is -1.58. The lowest BCUT2D eigenvalue weighted by Crippen LogP contribution is -2.52. The van der Waals surface area contributed by atoms with Crippen LogP contribution in [0.25, 0.3) is 0 Å².